The lowest BCUT2D eigenvalue weighted by atomic mass is 9.91. The lowest BCUT2D eigenvalue weighted by Crippen LogP contribution is -2.61. The first kappa shape index (κ1) is 31.7. The van der Waals surface area contributed by atoms with Gasteiger partial charge in [0.15, 0.2) is 0 Å². The van der Waals surface area contributed by atoms with E-state index >= 15 is 0 Å². The number of nitrogens with two attached hydrogens (primary N) is 1. The quantitative estimate of drug-likeness (QED) is 0.169. The first-order valence-electron chi connectivity index (χ1n) is 14.0. The summed E-state index contributed by atoms with van der Waals surface area (Å²) in [5.41, 5.74) is 6.01. The van der Waals surface area contributed by atoms with Gasteiger partial charge in [0, 0.05) is 13.7 Å². The highest BCUT2D eigenvalue weighted by molar-refractivity contribution is 4.94. The molecule has 34 heavy (non-hydrogen) atoms. The van der Waals surface area contributed by atoms with Gasteiger partial charge in [0.2, 0.25) is 0 Å². The fraction of sp³-hybridized carbons (Fsp3) is 1.00. The van der Waals surface area contributed by atoms with Crippen LogP contribution in [-0.2, 0) is 14.2 Å². The molecule has 0 spiro atoms. The second kappa shape index (κ2) is 20.9. The summed E-state index contributed by atoms with van der Waals surface area (Å²) >= 11 is 0. The number of hydrogen-bond donors (Lipinski definition) is 4. The van der Waals surface area contributed by atoms with E-state index in [-0.39, 0.29) is 12.7 Å². The first-order valence-corrected chi connectivity index (χ1v) is 14.0. The van der Waals surface area contributed by atoms with E-state index in [9.17, 15) is 15.3 Å². The molecule has 1 heterocycles. The largest absolute Gasteiger partial charge is 0.394 e. The third-order valence-electron chi connectivity index (χ3n) is 7.14. The Hall–Kier alpha value is -0.280. The molecular weight excluding hydrogens is 434 g/mol. The van der Waals surface area contributed by atoms with E-state index in [0.717, 1.165) is 13.0 Å². The summed E-state index contributed by atoms with van der Waals surface area (Å²) in [6, 6.07) is -0.688. The summed E-state index contributed by atoms with van der Waals surface area (Å²) in [6.07, 6.45) is 16.5. The molecule has 7 nitrogen and oxygen atoms in total. The molecule has 204 valence electrons. The van der Waals surface area contributed by atoms with Gasteiger partial charge in [-0.2, -0.15) is 0 Å². The number of aliphatic hydroxyl groups excluding tert-OH is 3. The number of aliphatic hydroxyl groups is 3. The molecule has 0 amide bonds. The van der Waals surface area contributed by atoms with Crippen LogP contribution in [0.1, 0.15) is 110 Å². The van der Waals surface area contributed by atoms with Gasteiger partial charge in [-0.3, -0.25) is 0 Å². The fourth-order valence-electron chi connectivity index (χ4n) is 4.71. The zero-order valence-electron chi connectivity index (χ0n) is 22.0. The number of ether oxygens (including phenoxy) is 3. The Kier molecular flexibility index (Phi) is 19.5. The minimum absolute atomic E-state index is 0.0704. The maximum atomic E-state index is 10.1. The molecule has 0 aromatic rings. The van der Waals surface area contributed by atoms with Gasteiger partial charge in [0.05, 0.1) is 31.5 Å². The fourth-order valence-corrected chi connectivity index (χ4v) is 4.71. The topological polar surface area (TPSA) is 114 Å². The van der Waals surface area contributed by atoms with Gasteiger partial charge < -0.3 is 35.3 Å². The van der Waals surface area contributed by atoms with Crippen LogP contribution in [0.25, 0.3) is 0 Å². The van der Waals surface area contributed by atoms with E-state index in [1.165, 1.54) is 83.5 Å². The van der Waals surface area contributed by atoms with Crippen molar-refractivity contribution in [2.75, 3.05) is 26.9 Å². The standard InChI is InChI=1S/C27H55NO6/c1-3-4-5-6-7-8-9-10-11-12-13-14-15-16-19-33-21-22(32-2)17-18-23-25(28)27(31)26(30)24(20-29)34-23/h22-27,29-31H,3-21,28H2,1-2H3/t22-,23+,24-,25+,26-,27-/m1/s1. The average Bonchev–Trinajstić information content (AvgIpc) is 2.85. The van der Waals surface area contributed by atoms with Gasteiger partial charge in [-0.1, -0.05) is 90.4 Å². The van der Waals surface area contributed by atoms with E-state index in [4.69, 9.17) is 19.9 Å². The molecule has 0 saturated carbocycles. The number of hydrogen-bond acceptors (Lipinski definition) is 7. The second-order valence-electron chi connectivity index (χ2n) is 10.1. The van der Waals surface area contributed by atoms with E-state index in [0.29, 0.717) is 19.4 Å². The monoisotopic (exact) mass is 489 g/mol. The van der Waals surface area contributed by atoms with Crippen molar-refractivity contribution in [1.29, 1.82) is 0 Å². The Bertz CT molecular complexity index is 453. The Labute approximate surface area is 208 Å². The molecule has 1 aliphatic heterocycles. The van der Waals surface area contributed by atoms with Crippen LogP contribution in [0.2, 0.25) is 0 Å². The summed E-state index contributed by atoms with van der Waals surface area (Å²) < 4.78 is 17.0. The Morgan fingerprint density at radius 1 is 0.794 bits per heavy atom. The SMILES string of the molecule is CCCCCCCCCCCCCCCCOC[C@@H](CC[C@@H]1O[C@H](CO)[C@@H](O)[C@H](O)[C@H]1N)OC. The van der Waals surface area contributed by atoms with E-state index < -0.39 is 30.5 Å². The summed E-state index contributed by atoms with van der Waals surface area (Å²) in [5.74, 6) is 0. The molecule has 0 bridgehead atoms. The molecule has 6 atom stereocenters. The van der Waals surface area contributed by atoms with Gasteiger partial charge in [0.25, 0.3) is 0 Å². The molecule has 1 rings (SSSR count). The number of rotatable bonds is 22. The summed E-state index contributed by atoms with van der Waals surface area (Å²) in [7, 11) is 1.66. The minimum Gasteiger partial charge on any atom is -0.394 e. The summed E-state index contributed by atoms with van der Waals surface area (Å²) in [6.45, 7) is 3.19. The molecular formula is C27H55NO6. The Balaban J connectivity index is 1.97. The summed E-state index contributed by atoms with van der Waals surface area (Å²) in [5, 5.41) is 29.3. The van der Waals surface area contributed by atoms with Crippen molar-refractivity contribution in [2.24, 2.45) is 5.73 Å². The maximum Gasteiger partial charge on any atom is 0.110 e. The van der Waals surface area contributed by atoms with Crippen molar-refractivity contribution >= 4 is 0 Å². The second-order valence-corrected chi connectivity index (χ2v) is 10.1. The lowest BCUT2D eigenvalue weighted by Gasteiger charge is -2.41. The highest BCUT2D eigenvalue weighted by atomic mass is 16.5. The van der Waals surface area contributed by atoms with Gasteiger partial charge in [-0.05, 0) is 19.3 Å². The van der Waals surface area contributed by atoms with Crippen LogP contribution in [0, 0.1) is 0 Å². The summed E-state index contributed by atoms with van der Waals surface area (Å²) in [4.78, 5) is 0. The lowest BCUT2D eigenvalue weighted by molar-refractivity contribution is -0.191. The van der Waals surface area contributed by atoms with Crippen molar-refractivity contribution in [3.05, 3.63) is 0 Å². The van der Waals surface area contributed by atoms with Crippen molar-refractivity contribution in [2.45, 2.75) is 146 Å². The average molecular weight is 490 g/mol. The van der Waals surface area contributed by atoms with E-state index in [2.05, 4.69) is 6.92 Å². The zero-order valence-corrected chi connectivity index (χ0v) is 22.0. The molecule has 1 fully saturated rings. The van der Waals surface area contributed by atoms with Crippen molar-refractivity contribution in [1.82, 2.24) is 0 Å². The van der Waals surface area contributed by atoms with Crippen LogP contribution in [0.15, 0.2) is 0 Å². The zero-order chi connectivity index (χ0) is 25.0. The van der Waals surface area contributed by atoms with Crippen molar-refractivity contribution < 1.29 is 29.5 Å². The highest BCUT2D eigenvalue weighted by Crippen LogP contribution is 2.23. The minimum atomic E-state index is -1.16. The molecule has 0 aromatic carbocycles. The molecule has 7 heteroatoms. The van der Waals surface area contributed by atoms with Crippen LogP contribution in [0.4, 0.5) is 0 Å². The predicted molar refractivity (Wildman–Crippen MR) is 137 cm³/mol. The molecule has 1 saturated heterocycles. The number of unbranched alkanes of at least 4 members (excludes halogenated alkanes) is 13. The van der Waals surface area contributed by atoms with E-state index in [1.807, 2.05) is 0 Å². The van der Waals surface area contributed by atoms with Crippen LogP contribution >= 0.6 is 0 Å². The van der Waals surface area contributed by atoms with Crippen LogP contribution in [0.3, 0.4) is 0 Å². The Morgan fingerprint density at radius 3 is 1.82 bits per heavy atom. The van der Waals surface area contributed by atoms with Crippen LogP contribution in [0.5, 0.6) is 0 Å². The molecule has 0 unspecified atom stereocenters. The molecule has 0 aliphatic carbocycles. The van der Waals surface area contributed by atoms with Crippen molar-refractivity contribution in [3.8, 4) is 0 Å². The van der Waals surface area contributed by atoms with Gasteiger partial charge in [-0.15, -0.1) is 0 Å². The Morgan fingerprint density at radius 2 is 1.32 bits per heavy atom. The molecule has 0 radical (unpaired) electrons. The maximum absolute atomic E-state index is 10.1. The van der Waals surface area contributed by atoms with Gasteiger partial charge in [0.1, 0.15) is 18.3 Å². The highest BCUT2D eigenvalue weighted by Gasteiger charge is 2.42. The normalized spacial score (nSPS) is 26.1. The third-order valence-corrected chi connectivity index (χ3v) is 7.14. The van der Waals surface area contributed by atoms with Crippen LogP contribution < -0.4 is 5.73 Å². The van der Waals surface area contributed by atoms with Gasteiger partial charge in [-0.25, -0.2) is 0 Å². The van der Waals surface area contributed by atoms with Crippen LogP contribution in [-0.4, -0.2) is 78.8 Å². The van der Waals surface area contributed by atoms with Gasteiger partial charge >= 0.3 is 0 Å². The molecule has 0 aromatic heterocycles. The first-order chi connectivity index (χ1) is 16.5. The molecule has 5 N–H and O–H groups in total. The predicted octanol–water partition coefficient (Wildman–Crippen LogP) is 4.09. The van der Waals surface area contributed by atoms with Crippen molar-refractivity contribution in [3.63, 3.8) is 0 Å². The number of methoxy groups -OCH3 is 1. The third kappa shape index (κ3) is 13.7. The molecule has 1 aliphatic rings. The smallest absolute Gasteiger partial charge is 0.110 e. The van der Waals surface area contributed by atoms with E-state index in [1.54, 1.807) is 7.11 Å².